The fraction of sp³-hybridized carbons (Fsp3) is 0.333. The van der Waals surface area contributed by atoms with Crippen LogP contribution in [-0.2, 0) is 14.6 Å². The molecule has 0 aliphatic carbocycles. The molecule has 0 aliphatic heterocycles. The summed E-state index contributed by atoms with van der Waals surface area (Å²) in [5.41, 5.74) is 0. The van der Waals surface area contributed by atoms with E-state index in [1.54, 1.807) is 0 Å². The van der Waals surface area contributed by atoms with Gasteiger partial charge >= 0.3 is 12.1 Å². The van der Waals surface area contributed by atoms with E-state index in [4.69, 9.17) is 5.11 Å². The zero-order valence-corrected chi connectivity index (χ0v) is 10.4. The number of carbonyl (C=O) groups is 2. The number of carboxylic acid groups (broad SMARTS) is 1. The molecule has 0 saturated carbocycles. The van der Waals surface area contributed by atoms with Crippen LogP contribution in [0.4, 0.5) is 13.2 Å². The maximum Gasteiger partial charge on any atom is 0.405 e. The van der Waals surface area contributed by atoms with Gasteiger partial charge in [0, 0.05) is 0 Å². The van der Waals surface area contributed by atoms with Gasteiger partial charge in [-0.2, -0.15) is 13.2 Å². The van der Waals surface area contributed by atoms with Crippen LogP contribution < -0.4 is 5.32 Å². The summed E-state index contributed by atoms with van der Waals surface area (Å²) in [5, 5.41) is 9.10. The van der Waals surface area contributed by atoms with Gasteiger partial charge < -0.3 is 14.8 Å². The Morgan fingerprint density at radius 2 is 1.90 bits per heavy atom. The lowest BCUT2D eigenvalue weighted by Gasteiger charge is -2.07. The average Bonchev–Trinajstić information content (AvgIpc) is 2.74. The number of halogens is 3. The smallest absolute Gasteiger partial charge is 0.405 e. The lowest BCUT2D eigenvalue weighted by Crippen LogP contribution is -2.37. The van der Waals surface area contributed by atoms with Gasteiger partial charge in [0.2, 0.25) is 26.6 Å². The Balaban J connectivity index is 2.74. The van der Waals surface area contributed by atoms with Crippen molar-refractivity contribution in [3.8, 4) is 0 Å². The quantitative estimate of drug-likeness (QED) is 0.814. The number of rotatable bonds is 5. The van der Waals surface area contributed by atoms with Gasteiger partial charge in [0.05, 0.1) is 0 Å². The van der Waals surface area contributed by atoms with Crippen molar-refractivity contribution in [2.24, 2.45) is 0 Å². The second kappa shape index (κ2) is 5.53. The zero-order valence-electron chi connectivity index (χ0n) is 9.60. The highest BCUT2D eigenvalue weighted by atomic mass is 32.2. The number of hydrogen-bond acceptors (Lipinski definition) is 5. The third-order valence-electron chi connectivity index (χ3n) is 1.91. The summed E-state index contributed by atoms with van der Waals surface area (Å²) in [4.78, 5) is 21.6. The molecule has 0 aliphatic rings. The molecule has 2 N–H and O–H groups in total. The van der Waals surface area contributed by atoms with Crippen LogP contribution in [0.25, 0.3) is 0 Å². The molecule has 112 valence electrons. The molecule has 1 amide bonds. The monoisotopic (exact) mass is 315 g/mol. The minimum absolute atomic E-state index is 0.667. The van der Waals surface area contributed by atoms with Crippen molar-refractivity contribution in [1.82, 2.24) is 5.32 Å². The van der Waals surface area contributed by atoms with Crippen molar-refractivity contribution < 1.29 is 40.7 Å². The van der Waals surface area contributed by atoms with E-state index in [1.165, 1.54) is 5.32 Å². The maximum atomic E-state index is 11.8. The first kappa shape index (κ1) is 16.0. The normalized spacial score (nSPS) is 12.2. The first-order valence-electron chi connectivity index (χ1n) is 4.90. The predicted octanol–water partition coefficient (Wildman–Crippen LogP) is 0.430. The number of sulfone groups is 1. The second-order valence-electron chi connectivity index (χ2n) is 3.57. The number of aromatic carboxylic acids is 1. The summed E-state index contributed by atoms with van der Waals surface area (Å²) < 4.78 is 63.1. The van der Waals surface area contributed by atoms with Crippen LogP contribution in [0.5, 0.6) is 0 Å². The van der Waals surface area contributed by atoms with Gasteiger partial charge in [-0.05, 0) is 12.1 Å². The van der Waals surface area contributed by atoms with Crippen molar-refractivity contribution in [2.45, 2.75) is 11.3 Å². The number of carbonyl (C=O) groups excluding carboxylic acids is 1. The lowest BCUT2D eigenvalue weighted by molar-refractivity contribution is -0.137. The van der Waals surface area contributed by atoms with Gasteiger partial charge in [-0.25, -0.2) is 13.2 Å². The molecule has 0 radical (unpaired) electrons. The molecular weight excluding hydrogens is 307 g/mol. The Bertz CT molecular complexity index is 618. The van der Waals surface area contributed by atoms with Gasteiger partial charge in [-0.3, -0.25) is 4.79 Å². The van der Waals surface area contributed by atoms with E-state index in [0.717, 1.165) is 12.1 Å². The van der Waals surface area contributed by atoms with Gasteiger partial charge in [-0.1, -0.05) is 0 Å². The lowest BCUT2D eigenvalue weighted by atomic mass is 10.5. The van der Waals surface area contributed by atoms with Crippen molar-refractivity contribution in [3.05, 3.63) is 17.9 Å². The Morgan fingerprint density at radius 3 is 2.35 bits per heavy atom. The Kier molecular flexibility index (Phi) is 4.43. The van der Waals surface area contributed by atoms with E-state index in [-0.39, 0.29) is 0 Å². The van der Waals surface area contributed by atoms with Gasteiger partial charge in [-0.15, -0.1) is 0 Å². The number of carboxylic acids is 1. The molecule has 0 fully saturated rings. The molecule has 1 aromatic rings. The first-order valence-corrected chi connectivity index (χ1v) is 6.56. The molecule has 0 atom stereocenters. The molecule has 1 rings (SSSR count). The van der Waals surface area contributed by atoms with Crippen molar-refractivity contribution in [3.63, 3.8) is 0 Å². The molecule has 11 heteroatoms. The van der Waals surface area contributed by atoms with E-state index in [9.17, 15) is 31.2 Å². The summed E-state index contributed by atoms with van der Waals surface area (Å²) >= 11 is 0. The van der Waals surface area contributed by atoms with Gasteiger partial charge in [0.1, 0.15) is 12.3 Å². The molecule has 20 heavy (non-hydrogen) atoms. The fourth-order valence-corrected chi connectivity index (χ4v) is 2.18. The van der Waals surface area contributed by atoms with Crippen LogP contribution in [0.3, 0.4) is 0 Å². The molecule has 0 bridgehead atoms. The standard InChI is InChI=1S/C9H8F3NO6S/c10-9(11,12)4-13-6(14)3-20(17,18)7-2-1-5(19-7)8(15)16/h1-2H,3-4H2,(H,13,14)(H,15,16). The Hall–Kier alpha value is -2.04. The van der Waals surface area contributed by atoms with E-state index in [2.05, 4.69) is 4.42 Å². The minimum atomic E-state index is -4.67. The van der Waals surface area contributed by atoms with Crippen molar-refractivity contribution in [2.75, 3.05) is 12.3 Å². The summed E-state index contributed by atoms with van der Waals surface area (Å²) in [6, 6.07) is 1.65. The average molecular weight is 315 g/mol. The van der Waals surface area contributed by atoms with Crippen LogP contribution in [-0.4, -0.2) is 43.9 Å². The number of nitrogens with one attached hydrogen (secondary N) is 1. The first-order chi connectivity index (χ1) is 9.01. The van der Waals surface area contributed by atoms with Crippen molar-refractivity contribution in [1.29, 1.82) is 0 Å². The summed E-state index contributed by atoms with van der Waals surface area (Å²) in [7, 11) is -4.35. The fourth-order valence-electron chi connectivity index (χ4n) is 1.10. The molecule has 1 aromatic heterocycles. The summed E-state index contributed by atoms with van der Waals surface area (Å²) in [5.74, 6) is -4.85. The number of hydrogen-bond donors (Lipinski definition) is 2. The highest BCUT2D eigenvalue weighted by Gasteiger charge is 2.30. The maximum absolute atomic E-state index is 11.8. The minimum Gasteiger partial charge on any atom is -0.475 e. The summed E-state index contributed by atoms with van der Waals surface area (Å²) in [6.07, 6.45) is -4.67. The topological polar surface area (TPSA) is 114 Å². The second-order valence-corrected chi connectivity index (χ2v) is 5.50. The van der Waals surface area contributed by atoms with E-state index in [1.807, 2.05) is 0 Å². The van der Waals surface area contributed by atoms with E-state index < -0.39 is 51.0 Å². The van der Waals surface area contributed by atoms with Crippen LogP contribution in [0.1, 0.15) is 10.6 Å². The highest BCUT2D eigenvalue weighted by molar-refractivity contribution is 7.92. The van der Waals surface area contributed by atoms with Crippen LogP contribution >= 0.6 is 0 Å². The van der Waals surface area contributed by atoms with Gasteiger partial charge in [0.25, 0.3) is 0 Å². The van der Waals surface area contributed by atoms with Crippen LogP contribution in [0, 0.1) is 0 Å². The molecule has 7 nitrogen and oxygen atoms in total. The molecule has 0 unspecified atom stereocenters. The largest absolute Gasteiger partial charge is 0.475 e. The Morgan fingerprint density at radius 1 is 1.30 bits per heavy atom. The van der Waals surface area contributed by atoms with E-state index >= 15 is 0 Å². The SMILES string of the molecule is O=C(CS(=O)(=O)c1ccc(C(=O)O)o1)NCC(F)(F)F. The molecule has 1 heterocycles. The number of amides is 1. The van der Waals surface area contributed by atoms with Crippen LogP contribution in [0.2, 0.25) is 0 Å². The molecule has 0 saturated heterocycles. The molecular formula is C9H8F3NO6S. The Labute approximate surface area is 110 Å². The van der Waals surface area contributed by atoms with E-state index in [0.29, 0.717) is 0 Å². The number of furan rings is 1. The van der Waals surface area contributed by atoms with Crippen molar-refractivity contribution >= 4 is 21.7 Å². The van der Waals surface area contributed by atoms with Crippen LogP contribution in [0.15, 0.2) is 21.6 Å². The predicted molar refractivity (Wildman–Crippen MR) is 56.8 cm³/mol. The number of alkyl halides is 3. The highest BCUT2D eigenvalue weighted by Crippen LogP contribution is 2.16. The third-order valence-corrected chi connectivity index (χ3v) is 3.38. The molecule has 0 spiro atoms. The zero-order chi connectivity index (χ0) is 15.6. The third kappa shape index (κ3) is 4.57. The molecule has 0 aromatic carbocycles. The van der Waals surface area contributed by atoms with Gasteiger partial charge in [0.15, 0.2) is 0 Å². The summed E-state index contributed by atoms with van der Waals surface area (Å²) in [6.45, 7) is -1.67.